The Kier molecular flexibility index (Phi) is 5.74. The van der Waals surface area contributed by atoms with Gasteiger partial charge in [-0.2, -0.15) is 0 Å². The predicted octanol–water partition coefficient (Wildman–Crippen LogP) is 3.01. The number of para-hydroxylation sites is 1. The van der Waals surface area contributed by atoms with Gasteiger partial charge in [-0.3, -0.25) is 4.79 Å². The monoisotopic (exact) mass is 334 g/mol. The molecule has 124 valence electrons. The Hall–Kier alpha value is -1.92. The SMILES string of the molecule is Cc1cccc(C)c1OCC(C)NC(=O)c1cnc(C(C)O)s1. The molecule has 2 aromatic rings. The molecule has 0 spiro atoms. The molecule has 0 bridgehead atoms. The lowest BCUT2D eigenvalue weighted by Crippen LogP contribution is -2.36. The number of amides is 1. The van der Waals surface area contributed by atoms with Gasteiger partial charge in [-0.25, -0.2) is 4.98 Å². The summed E-state index contributed by atoms with van der Waals surface area (Å²) >= 11 is 1.20. The van der Waals surface area contributed by atoms with Crippen LogP contribution in [0.5, 0.6) is 5.75 Å². The molecule has 6 heteroatoms. The molecule has 1 aromatic heterocycles. The average molecular weight is 334 g/mol. The summed E-state index contributed by atoms with van der Waals surface area (Å²) in [5.41, 5.74) is 2.15. The fourth-order valence-electron chi connectivity index (χ4n) is 2.16. The Morgan fingerprint density at radius 3 is 2.57 bits per heavy atom. The van der Waals surface area contributed by atoms with Gasteiger partial charge < -0.3 is 15.2 Å². The summed E-state index contributed by atoms with van der Waals surface area (Å²) in [4.78, 5) is 16.7. The largest absolute Gasteiger partial charge is 0.491 e. The van der Waals surface area contributed by atoms with Gasteiger partial charge in [0, 0.05) is 0 Å². The lowest BCUT2D eigenvalue weighted by molar-refractivity contribution is 0.0930. The zero-order chi connectivity index (χ0) is 17.0. The predicted molar refractivity (Wildman–Crippen MR) is 91.1 cm³/mol. The van der Waals surface area contributed by atoms with Crippen LogP contribution in [0, 0.1) is 13.8 Å². The zero-order valence-corrected chi connectivity index (χ0v) is 14.6. The topological polar surface area (TPSA) is 71.5 Å². The molecule has 23 heavy (non-hydrogen) atoms. The number of hydrogen-bond acceptors (Lipinski definition) is 5. The number of rotatable bonds is 6. The first-order chi connectivity index (χ1) is 10.9. The van der Waals surface area contributed by atoms with Crippen LogP contribution in [0.15, 0.2) is 24.4 Å². The van der Waals surface area contributed by atoms with Crippen molar-refractivity contribution in [2.45, 2.75) is 39.8 Å². The molecule has 2 atom stereocenters. The molecule has 1 amide bonds. The molecule has 1 heterocycles. The second kappa shape index (κ2) is 7.57. The third-order valence-electron chi connectivity index (χ3n) is 3.37. The first kappa shape index (κ1) is 17.4. The van der Waals surface area contributed by atoms with Gasteiger partial charge in [-0.05, 0) is 38.8 Å². The highest BCUT2D eigenvalue weighted by Gasteiger charge is 2.16. The molecule has 0 fully saturated rings. The van der Waals surface area contributed by atoms with Crippen LogP contribution in [0.25, 0.3) is 0 Å². The van der Waals surface area contributed by atoms with Crippen molar-refractivity contribution in [2.75, 3.05) is 6.61 Å². The van der Waals surface area contributed by atoms with E-state index >= 15 is 0 Å². The van der Waals surface area contributed by atoms with Crippen LogP contribution in [-0.4, -0.2) is 28.6 Å². The Morgan fingerprint density at radius 1 is 1.35 bits per heavy atom. The first-order valence-electron chi connectivity index (χ1n) is 7.52. The van der Waals surface area contributed by atoms with Crippen molar-refractivity contribution in [3.8, 4) is 5.75 Å². The minimum absolute atomic E-state index is 0.140. The van der Waals surface area contributed by atoms with E-state index in [2.05, 4.69) is 10.3 Å². The number of nitrogens with one attached hydrogen (secondary N) is 1. The summed E-state index contributed by atoms with van der Waals surface area (Å²) in [5, 5.41) is 12.9. The van der Waals surface area contributed by atoms with Crippen LogP contribution in [0.4, 0.5) is 0 Å². The molecular weight excluding hydrogens is 312 g/mol. The number of aromatic nitrogens is 1. The lowest BCUT2D eigenvalue weighted by Gasteiger charge is -2.17. The molecule has 5 nitrogen and oxygen atoms in total. The van der Waals surface area contributed by atoms with Gasteiger partial charge in [0.2, 0.25) is 0 Å². The number of ether oxygens (including phenoxy) is 1. The summed E-state index contributed by atoms with van der Waals surface area (Å²) in [6.45, 7) is 7.91. The Balaban J connectivity index is 1.91. The molecule has 0 aliphatic carbocycles. The number of nitrogens with zero attached hydrogens (tertiary/aromatic N) is 1. The maximum absolute atomic E-state index is 12.2. The van der Waals surface area contributed by atoms with E-state index in [-0.39, 0.29) is 11.9 Å². The van der Waals surface area contributed by atoms with Crippen LogP contribution in [-0.2, 0) is 0 Å². The Morgan fingerprint density at radius 2 is 2.00 bits per heavy atom. The van der Waals surface area contributed by atoms with Crippen molar-refractivity contribution in [3.63, 3.8) is 0 Å². The second-order valence-corrected chi connectivity index (χ2v) is 6.71. The van der Waals surface area contributed by atoms with Gasteiger partial charge in [0.05, 0.1) is 12.2 Å². The minimum Gasteiger partial charge on any atom is -0.491 e. The maximum Gasteiger partial charge on any atom is 0.263 e. The van der Waals surface area contributed by atoms with Crippen LogP contribution >= 0.6 is 11.3 Å². The van der Waals surface area contributed by atoms with Crippen LogP contribution in [0.2, 0.25) is 0 Å². The number of aliphatic hydroxyl groups excluding tert-OH is 1. The zero-order valence-electron chi connectivity index (χ0n) is 13.8. The van der Waals surface area contributed by atoms with Gasteiger partial charge in [-0.15, -0.1) is 11.3 Å². The number of hydrogen-bond donors (Lipinski definition) is 2. The molecule has 1 aromatic carbocycles. The number of aryl methyl sites for hydroxylation is 2. The van der Waals surface area contributed by atoms with Crippen molar-refractivity contribution in [1.29, 1.82) is 0 Å². The quantitative estimate of drug-likeness (QED) is 0.852. The highest BCUT2D eigenvalue weighted by Crippen LogP contribution is 2.22. The van der Waals surface area contributed by atoms with Gasteiger partial charge >= 0.3 is 0 Å². The van der Waals surface area contributed by atoms with E-state index in [4.69, 9.17) is 4.74 Å². The number of carbonyl (C=O) groups excluding carboxylic acids is 1. The highest BCUT2D eigenvalue weighted by atomic mass is 32.1. The van der Waals surface area contributed by atoms with E-state index in [1.807, 2.05) is 39.0 Å². The van der Waals surface area contributed by atoms with Crippen molar-refractivity contribution in [1.82, 2.24) is 10.3 Å². The molecule has 0 aliphatic heterocycles. The van der Waals surface area contributed by atoms with Crippen molar-refractivity contribution < 1.29 is 14.6 Å². The van der Waals surface area contributed by atoms with Crippen molar-refractivity contribution >= 4 is 17.2 Å². The summed E-state index contributed by atoms with van der Waals surface area (Å²) in [6, 6.07) is 5.85. The molecule has 2 N–H and O–H groups in total. The number of benzene rings is 1. The first-order valence-corrected chi connectivity index (χ1v) is 8.33. The normalized spacial score (nSPS) is 13.4. The lowest BCUT2D eigenvalue weighted by atomic mass is 10.1. The van der Waals surface area contributed by atoms with E-state index in [9.17, 15) is 9.90 Å². The fourth-order valence-corrected chi connectivity index (χ4v) is 2.92. The molecule has 2 rings (SSSR count). The Labute approximate surface area is 140 Å². The summed E-state index contributed by atoms with van der Waals surface area (Å²) < 4.78 is 5.84. The van der Waals surface area contributed by atoms with Crippen molar-refractivity contribution in [2.24, 2.45) is 0 Å². The molecule has 0 radical (unpaired) electrons. The van der Waals surface area contributed by atoms with E-state index in [1.165, 1.54) is 17.5 Å². The smallest absolute Gasteiger partial charge is 0.263 e. The third-order valence-corrected chi connectivity index (χ3v) is 4.54. The van der Waals surface area contributed by atoms with Gasteiger partial charge in [-0.1, -0.05) is 18.2 Å². The molecule has 0 saturated heterocycles. The summed E-state index contributed by atoms with van der Waals surface area (Å²) in [7, 11) is 0. The number of thiazole rings is 1. The van der Waals surface area contributed by atoms with E-state index in [0.717, 1.165) is 16.9 Å². The molecule has 2 unspecified atom stereocenters. The second-order valence-electron chi connectivity index (χ2n) is 5.65. The third kappa shape index (κ3) is 4.53. The standard InChI is InChI=1S/C17H22N2O3S/c1-10-6-5-7-11(2)15(10)22-9-12(3)19-16(21)14-8-18-17(23-14)13(4)20/h5-8,12-13,20H,9H2,1-4H3,(H,19,21). The van der Waals surface area contributed by atoms with Crippen LogP contribution in [0.3, 0.4) is 0 Å². The number of aliphatic hydroxyl groups is 1. The van der Waals surface area contributed by atoms with E-state index < -0.39 is 6.10 Å². The van der Waals surface area contributed by atoms with Crippen molar-refractivity contribution in [3.05, 3.63) is 45.4 Å². The summed E-state index contributed by atoms with van der Waals surface area (Å²) in [5.74, 6) is 0.662. The van der Waals surface area contributed by atoms with Crippen LogP contribution in [0.1, 0.15) is 45.8 Å². The number of carbonyl (C=O) groups is 1. The van der Waals surface area contributed by atoms with Gasteiger partial charge in [0.15, 0.2) is 0 Å². The molecule has 0 saturated carbocycles. The fraction of sp³-hybridized carbons (Fsp3) is 0.412. The van der Waals surface area contributed by atoms with Gasteiger partial charge in [0.1, 0.15) is 28.3 Å². The average Bonchev–Trinajstić information content (AvgIpc) is 2.96. The Bertz CT molecular complexity index is 662. The molecular formula is C17H22N2O3S. The maximum atomic E-state index is 12.2. The van der Waals surface area contributed by atoms with E-state index in [1.54, 1.807) is 6.92 Å². The van der Waals surface area contributed by atoms with Gasteiger partial charge in [0.25, 0.3) is 5.91 Å². The highest BCUT2D eigenvalue weighted by molar-refractivity contribution is 7.13. The molecule has 0 aliphatic rings. The summed E-state index contributed by atoms with van der Waals surface area (Å²) in [6.07, 6.45) is 0.826. The van der Waals surface area contributed by atoms with Crippen LogP contribution < -0.4 is 10.1 Å². The van der Waals surface area contributed by atoms with E-state index in [0.29, 0.717) is 16.5 Å². The minimum atomic E-state index is -0.661.